The van der Waals surface area contributed by atoms with Crippen LogP contribution < -0.4 is 9.47 Å². The summed E-state index contributed by atoms with van der Waals surface area (Å²) in [6.07, 6.45) is 2.70. The lowest BCUT2D eigenvalue weighted by atomic mass is 9.94. The second-order valence-electron chi connectivity index (χ2n) is 6.11. The molecule has 0 saturated carbocycles. The first-order chi connectivity index (χ1) is 12.6. The predicted molar refractivity (Wildman–Crippen MR) is 91.9 cm³/mol. The first kappa shape index (κ1) is 15.9. The highest BCUT2D eigenvalue weighted by Gasteiger charge is 2.27. The highest BCUT2D eigenvalue weighted by molar-refractivity contribution is 6.14. The number of hydrogen-bond acceptors (Lipinski definition) is 7. The number of fused-ring (bicyclic) bond motifs is 2. The topological polar surface area (TPSA) is 101 Å². The van der Waals surface area contributed by atoms with Gasteiger partial charge < -0.3 is 9.47 Å². The molecule has 2 aliphatic rings. The Bertz CT molecular complexity index is 962. The molecule has 0 aliphatic carbocycles. The van der Waals surface area contributed by atoms with E-state index >= 15 is 0 Å². The average molecular weight is 350 g/mol. The van der Waals surface area contributed by atoms with Gasteiger partial charge in [0.15, 0.2) is 11.5 Å². The van der Waals surface area contributed by atoms with E-state index in [1.54, 1.807) is 12.1 Å². The molecule has 4 rings (SSSR count). The summed E-state index contributed by atoms with van der Waals surface area (Å²) in [6.45, 7) is 2.09. The predicted octanol–water partition coefficient (Wildman–Crippen LogP) is 2.80. The van der Waals surface area contributed by atoms with Gasteiger partial charge in [0.25, 0.3) is 5.69 Å². The van der Waals surface area contributed by atoms with Crippen LogP contribution >= 0.6 is 0 Å². The Morgan fingerprint density at radius 1 is 1.27 bits per heavy atom. The number of nitriles is 1. The Kier molecular flexibility index (Phi) is 3.69. The molecule has 0 bridgehead atoms. The highest BCUT2D eigenvalue weighted by Crippen LogP contribution is 2.37. The van der Waals surface area contributed by atoms with E-state index in [1.165, 1.54) is 17.1 Å². The Labute approximate surface area is 149 Å². The van der Waals surface area contributed by atoms with E-state index in [0.717, 1.165) is 11.1 Å². The fourth-order valence-electron chi connectivity index (χ4n) is 3.11. The van der Waals surface area contributed by atoms with E-state index < -0.39 is 4.92 Å². The number of hydrazone groups is 1. The molecule has 8 heteroatoms. The van der Waals surface area contributed by atoms with Gasteiger partial charge in [-0.25, -0.2) is 0 Å². The molecule has 2 aliphatic heterocycles. The lowest BCUT2D eigenvalue weighted by molar-refractivity contribution is -0.384. The van der Waals surface area contributed by atoms with E-state index in [0.29, 0.717) is 29.2 Å². The smallest absolute Gasteiger partial charge is 0.269 e. The summed E-state index contributed by atoms with van der Waals surface area (Å²) in [5.41, 5.74) is 3.06. The molecule has 1 atom stereocenters. The van der Waals surface area contributed by atoms with Crippen molar-refractivity contribution in [2.75, 3.05) is 6.79 Å². The van der Waals surface area contributed by atoms with Crippen molar-refractivity contribution in [3.05, 3.63) is 63.2 Å². The molecule has 1 unspecified atom stereocenters. The number of rotatable bonds is 2. The second kappa shape index (κ2) is 6.04. The highest BCUT2D eigenvalue weighted by atomic mass is 16.7. The minimum absolute atomic E-state index is 0.000565. The van der Waals surface area contributed by atoms with Crippen LogP contribution in [-0.4, -0.2) is 28.5 Å². The Hall–Kier alpha value is -3.60. The first-order valence-corrected chi connectivity index (χ1v) is 8.02. The minimum atomic E-state index is -0.450. The van der Waals surface area contributed by atoms with Gasteiger partial charge in [0.1, 0.15) is 0 Å². The van der Waals surface area contributed by atoms with Crippen molar-refractivity contribution in [2.45, 2.75) is 19.4 Å². The van der Waals surface area contributed by atoms with Crippen LogP contribution in [0.3, 0.4) is 0 Å². The summed E-state index contributed by atoms with van der Waals surface area (Å²) >= 11 is 0. The average Bonchev–Trinajstić information content (AvgIpc) is 3.04. The van der Waals surface area contributed by atoms with Gasteiger partial charge in [0.05, 0.1) is 16.7 Å². The van der Waals surface area contributed by atoms with Crippen molar-refractivity contribution in [3.63, 3.8) is 0 Å². The van der Waals surface area contributed by atoms with Crippen LogP contribution in [0.25, 0.3) is 0 Å². The molecular formula is C18H14N4O4. The molecule has 0 amide bonds. The van der Waals surface area contributed by atoms with Crippen molar-refractivity contribution in [1.82, 2.24) is 5.01 Å². The Morgan fingerprint density at radius 2 is 1.96 bits per heavy atom. The molecule has 26 heavy (non-hydrogen) atoms. The lowest BCUT2D eigenvalue weighted by Gasteiger charge is -2.16. The van der Waals surface area contributed by atoms with Crippen LogP contribution in [0.1, 0.15) is 23.6 Å². The fourth-order valence-corrected chi connectivity index (χ4v) is 3.11. The van der Waals surface area contributed by atoms with Crippen LogP contribution in [0.4, 0.5) is 5.69 Å². The summed E-state index contributed by atoms with van der Waals surface area (Å²) in [7, 11) is 0. The maximum atomic E-state index is 10.9. The molecule has 0 fully saturated rings. The SMILES string of the molecule is CC1Cc2cc3c(cc2C(c2ccc([N+](=O)[O-])cc2)=NN1C#N)OCO3. The van der Waals surface area contributed by atoms with Gasteiger partial charge in [-0.1, -0.05) is 0 Å². The zero-order valence-electron chi connectivity index (χ0n) is 13.9. The van der Waals surface area contributed by atoms with E-state index in [4.69, 9.17) is 9.47 Å². The molecule has 130 valence electrons. The molecular weight excluding hydrogens is 336 g/mol. The molecule has 8 nitrogen and oxygen atoms in total. The first-order valence-electron chi connectivity index (χ1n) is 8.02. The number of benzene rings is 2. The molecule has 2 aromatic carbocycles. The summed E-state index contributed by atoms with van der Waals surface area (Å²) in [6, 6.07) is 9.76. The van der Waals surface area contributed by atoms with Gasteiger partial charge >= 0.3 is 0 Å². The third-order valence-corrected chi connectivity index (χ3v) is 4.45. The van der Waals surface area contributed by atoms with Gasteiger partial charge in [-0.15, -0.1) is 0 Å². The number of ether oxygens (including phenoxy) is 2. The summed E-state index contributed by atoms with van der Waals surface area (Å²) < 4.78 is 10.9. The molecule has 0 radical (unpaired) electrons. The Balaban J connectivity index is 1.88. The summed E-state index contributed by atoms with van der Waals surface area (Å²) in [5.74, 6) is 1.29. The van der Waals surface area contributed by atoms with Gasteiger partial charge in [-0.05, 0) is 43.2 Å². The van der Waals surface area contributed by atoms with Crippen LogP contribution in [0, 0.1) is 21.6 Å². The molecule has 0 saturated heterocycles. The van der Waals surface area contributed by atoms with Gasteiger partial charge in [0, 0.05) is 23.3 Å². The van der Waals surface area contributed by atoms with Crippen molar-refractivity contribution in [3.8, 4) is 17.7 Å². The molecule has 2 heterocycles. The number of nitro benzene ring substituents is 1. The minimum Gasteiger partial charge on any atom is -0.454 e. The van der Waals surface area contributed by atoms with Gasteiger partial charge in [-0.2, -0.15) is 15.4 Å². The standard InChI is InChI=1S/C18H14N4O4/c1-11-6-13-7-16-17(26-10-25-16)8-15(13)18(20-21(11)9-19)12-2-4-14(5-3-12)22(23)24/h2-5,7-8,11H,6,10H2,1H3. The largest absolute Gasteiger partial charge is 0.454 e. The van der Waals surface area contributed by atoms with Gasteiger partial charge in [0.2, 0.25) is 13.0 Å². The lowest BCUT2D eigenvalue weighted by Crippen LogP contribution is -2.24. The second-order valence-corrected chi connectivity index (χ2v) is 6.11. The normalized spacial score (nSPS) is 17.8. The van der Waals surface area contributed by atoms with Crippen molar-refractivity contribution in [2.24, 2.45) is 5.10 Å². The van der Waals surface area contributed by atoms with E-state index in [9.17, 15) is 15.4 Å². The van der Waals surface area contributed by atoms with E-state index in [2.05, 4.69) is 11.3 Å². The summed E-state index contributed by atoms with van der Waals surface area (Å²) in [5, 5.41) is 26.2. The van der Waals surface area contributed by atoms with Crippen molar-refractivity contribution >= 4 is 11.4 Å². The quantitative estimate of drug-likeness (QED) is 0.469. The Morgan fingerprint density at radius 3 is 2.62 bits per heavy atom. The molecule has 0 spiro atoms. The molecule has 0 N–H and O–H groups in total. The maximum Gasteiger partial charge on any atom is 0.269 e. The number of hydrogen-bond donors (Lipinski definition) is 0. The third-order valence-electron chi connectivity index (χ3n) is 4.45. The zero-order chi connectivity index (χ0) is 18.3. The van der Waals surface area contributed by atoms with Crippen molar-refractivity contribution in [1.29, 1.82) is 5.26 Å². The van der Waals surface area contributed by atoms with Crippen LogP contribution in [0.15, 0.2) is 41.5 Å². The monoisotopic (exact) mass is 350 g/mol. The van der Waals surface area contributed by atoms with Crippen LogP contribution in [-0.2, 0) is 6.42 Å². The van der Waals surface area contributed by atoms with Crippen LogP contribution in [0.2, 0.25) is 0 Å². The van der Waals surface area contributed by atoms with Crippen LogP contribution in [0.5, 0.6) is 11.5 Å². The molecule has 2 aromatic rings. The number of non-ortho nitro benzene ring substituents is 1. The number of nitro groups is 1. The van der Waals surface area contributed by atoms with Gasteiger partial charge in [-0.3, -0.25) is 10.1 Å². The van der Waals surface area contributed by atoms with Crippen molar-refractivity contribution < 1.29 is 14.4 Å². The summed E-state index contributed by atoms with van der Waals surface area (Å²) in [4.78, 5) is 10.5. The van der Waals surface area contributed by atoms with E-state index in [1.807, 2.05) is 19.1 Å². The van der Waals surface area contributed by atoms with E-state index in [-0.39, 0.29) is 18.5 Å². The molecule has 0 aromatic heterocycles. The maximum absolute atomic E-state index is 10.9. The zero-order valence-corrected chi connectivity index (χ0v) is 13.9. The third kappa shape index (κ3) is 2.59. The number of nitrogens with zero attached hydrogens (tertiary/aromatic N) is 4. The fraction of sp³-hybridized carbons (Fsp3) is 0.222.